The second-order valence-electron chi connectivity index (χ2n) is 8.81. The van der Waals surface area contributed by atoms with Gasteiger partial charge in [-0.05, 0) is 36.0 Å². The molecule has 180 valence electrons. The molecule has 3 nitrogen and oxygen atoms in total. The molecule has 0 bridgehead atoms. The molecular formula is C32H35NO2. The monoisotopic (exact) mass is 465 g/mol. The van der Waals surface area contributed by atoms with Crippen LogP contribution >= 0.6 is 0 Å². The summed E-state index contributed by atoms with van der Waals surface area (Å²) in [5, 5.41) is 0. The minimum atomic E-state index is -0.110. The lowest BCUT2D eigenvalue weighted by atomic mass is 9.91. The van der Waals surface area contributed by atoms with Crippen molar-refractivity contribution in [2.75, 3.05) is 0 Å². The van der Waals surface area contributed by atoms with Gasteiger partial charge in [-0.2, -0.15) is 0 Å². The third-order valence-electron chi connectivity index (χ3n) is 6.10. The van der Waals surface area contributed by atoms with Gasteiger partial charge in [-0.1, -0.05) is 117 Å². The first-order valence-electron chi connectivity index (χ1n) is 12.4. The normalized spacial score (nSPS) is 15.0. The van der Waals surface area contributed by atoms with E-state index in [9.17, 15) is 9.59 Å². The van der Waals surface area contributed by atoms with Crippen molar-refractivity contribution < 1.29 is 9.59 Å². The molecule has 0 saturated heterocycles. The molecule has 0 aliphatic carbocycles. The lowest BCUT2D eigenvalue weighted by Crippen LogP contribution is -2.43. The van der Waals surface area contributed by atoms with Crippen LogP contribution in [0.5, 0.6) is 0 Å². The summed E-state index contributed by atoms with van der Waals surface area (Å²) >= 11 is 0. The molecule has 35 heavy (non-hydrogen) atoms. The van der Waals surface area contributed by atoms with Gasteiger partial charge in [0, 0.05) is 24.2 Å². The first kappa shape index (κ1) is 25.9. The molecule has 0 saturated carbocycles. The molecule has 3 aromatic rings. The van der Waals surface area contributed by atoms with Gasteiger partial charge >= 0.3 is 0 Å². The van der Waals surface area contributed by atoms with Gasteiger partial charge in [0.15, 0.2) is 5.78 Å². The Kier molecular flexibility index (Phi) is 10.3. The molecule has 0 radical (unpaired) electrons. The molecule has 3 aromatic carbocycles. The molecule has 1 unspecified atom stereocenters. The van der Waals surface area contributed by atoms with Crippen molar-refractivity contribution in [3.05, 3.63) is 126 Å². The van der Waals surface area contributed by atoms with Crippen molar-refractivity contribution in [3.63, 3.8) is 0 Å². The summed E-state index contributed by atoms with van der Waals surface area (Å²) in [6.07, 6.45) is 7.90. The number of allylic oxidation sites excluding steroid dienone is 1. The summed E-state index contributed by atoms with van der Waals surface area (Å²) < 4.78 is 0. The second-order valence-corrected chi connectivity index (χ2v) is 8.81. The molecular weight excluding hydrogens is 430 g/mol. The van der Waals surface area contributed by atoms with Crippen LogP contribution in [0.3, 0.4) is 0 Å². The third kappa shape index (κ3) is 8.22. The van der Waals surface area contributed by atoms with Gasteiger partial charge in [-0.3, -0.25) is 9.59 Å². The molecule has 1 aliphatic heterocycles. The maximum atomic E-state index is 13.1. The average Bonchev–Trinajstić information content (AvgIpc) is 2.90. The zero-order chi connectivity index (χ0) is 24.9. The molecule has 1 aliphatic rings. The topological polar surface area (TPSA) is 37.4 Å². The largest absolute Gasteiger partial charge is 0.315 e. The first-order valence-corrected chi connectivity index (χ1v) is 12.4. The molecule has 0 aromatic heterocycles. The quantitative estimate of drug-likeness (QED) is 0.358. The van der Waals surface area contributed by atoms with Crippen LogP contribution in [-0.4, -0.2) is 22.6 Å². The lowest BCUT2D eigenvalue weighted by Gasteiger charge is -2.33. The molecule has 0 N–H and O–H groups in total. The highest BCUT2D eigenvalue weighted by Gasteiger charge is 2.31. The van der Waals surface area contributed by atoms with Crippen LogP contribution in [-0.2, 0) is 22.4 Å². The number of carbonyl (C=O) groups excluding carboxylic acids is 2. The van der Waals surface area contributed by atoms with Crippen LogP contribution in [0, 0.1) is 0 Å². The minimum absolute atomic E-state index is 0.0589. The summed E-state index contributed by atoms with van der Waals surface area (Å²) in [5.41, 5.74) is 4.12. The van der Waals surface area contributed by atoms with E-state index in [1.54, 1.807) is 0 Å². The summed E-state index contributed by atoms with van der Waals surface area (Å²) in [6, 6.07) is 29.8. The Labute approximate surface area is 209 Å². The van der Waals surface area contributed by atoms with Gasteiger partial charge in [0.1, 0.15) is 0 Å². The van der Waals surface area contributed by atoms with Crippen molar-refractivity contribution in [2.45, 2.75) is 51.5 Å². The first-order chi connectivity index (χ1) is 17.1. The number of nitrogens with zero attached hydrogens (tertiary/aromatic N) is 1. The molecule has 1 amide bonds. The van der Waals surface area contributed by atoms with E-state index in [1.807, 2.05) is 96.0 Å². The van der Waals surface area contributed by atoms with Gasteiger partial charge < -0.3 is 4.90 Å². The fraction of sp³-hybridized carbons (Fsp3) is 0.250. The predicted molar refractivity (Wildman–Crippen MR) is 145 cm³/mol. The molecule has 1 atom stereocenters. The summed E-state index contributed by atoms with van der Waals surface area (Å²) in [5.74, 6) is 0.247. The van der Waals surface area contributed by atoms with Gasteiger partial charge in [-0.25, -0.2) is 0 Å². The average molecular weight is 466 g/mol. The van der Waals surface area contributed by atoms with E-state index < -0.39 is 0 Å². The standard InChI is InChI=1S/C24H27NO2.C8H8/c1-2-3-14-21-18-25(24(27)16-20-12-8-5-9-13-20)22(17-23(21)26)15-19-10-6-4-7-11-19;1-2-8-6-4-3-5-7-8/h4-13,18,22H,2-3,14-17H2,1H3;2-7H,1H2. The highest BCUT2D eigenvalue weighted by molar-refractivity contribution is 5.98. The second kappa shape index (κ2) is 13.9. The Morgan fingerprint density at radius 2 is 1.49 bits per heavy atom. The van der Waals surface area contributed by atoms with E-state index in [-0.39, 0.29) is 17.7 Å². The highest BCUT2D eigenvalue weighted by Crippen LogP contribution is 2.25. The lowest BCUT2D eigenvalue weighted by molar-refractivity contribution is -0.131. The molecule has 0 fully saturated rings. The Morgan fingerprint density at radius 3 is 2.03 bits per heavy atom. The maximum absolute atomic E-state index is 13.1. The van der Waals surface area contributed by atoms with E-state index >= 15 is 0 Å². The van der Waals surface area contributed by atoms with Gasteiger partial charge in [0.05, 0.1) is 6.42 Å². The predicted octanol–water partition coefficient (Wildman–Crippen LogP) is 7.05. The van der Waals surface area contributed by atoms with Crippen molar-refractivity contribution in [2.24, 2.45) is 0 Å². The zero-order valence-electron chi connectivity index (χ0n) is 20.6. The smallest absolute Gasteiger partial charge is 0.231 e. The van der Waals surface area contributed by atoms with Crippen LogP contribution in [0.2, 0.25) is 0 Å². The Hall–Kier alpha value is -3.72. The van der Waals surface area contributed by atoms with E-state index in [2.05, 4.69) is 25.6 Å². The number of hydrogen-bond acceptors (Lipinski definition) is 2. The Balaban J connectivity index is 0.000000363. The number of benzene rings is 3. The van der Waals surface area contributed by atoms with Crippen LogP contribution < -0.4 is 0 Å². The maximum Gasteiger partial charge on any atom is 0.231 e. The minimum Gasteiger partial charge on any atom is -0.315 e. The van der Waals surface area contributed by atoms with Crippen molar-refractivity contribution in [3.8, 4) is 0 Å². The number of hydrogen-bond donors (Lipinski definition) is 0. The summed E-state index contributed by atoms with van der Waals surface area (Å²) in [4.78, 5) is 27.5. The molecule has 1 heterocycles. The summed E-state index contributed by atoms with van der Waals surface area (Å²) in [7, 11) is 0. The number of rotatable bonds is 8. The summed E-state index contributed by atoms with van der Waals surface area (Å²) in [6.45, 7) is 5.75. The van der Waals surface area contributed by atoms with Crippen LogP contribution in [0.1, 0.15) is 49.3 Å². The number of carbonyl (C=O) groups is 2. The van der Waals surface area contributed by atoms with Gasteiger partial charge in [-0.15, -0.1) is 0 Å². The molecule has 3 heteroatoms. The van der Waals surface area contributed by atoms with E-state index in [1.165, 1.54) is 5.56 Å². The number of unbranched alkanes of at least 4 members (excludes halogenated alkanes) is 1. The number of ketones is 1. The Bertz CT molecular complexity index is 1100. The number of Topliss-reactive ketones (excluding diaryl/α,β-unsaturated/α-hetero) is 1. The fourth-order valence-electron chi connectivity index (χ4n) is 4.14. The Morgan fingerprint density at radius 1 is 0.914 bits per heavy atom. The van der Waals surface area contributed by atoms with Crippen molar-refractivity contribution in [1.82, 2.24) is 4.90 Å². The zero-order valence-corrected chi connectivity index (χ0v) is 20.6. The van der Waals surface area contributed by atoms with Gasteiger partial charge in [0.2, 0.25) is 5.91 Å². The molecule has 0 spiro atoms. The highest BCUT2D eigenvalue weighted by atomic mass is 16.2. The van der Waals surface area contributed by atoms with E-state index in [0.29, 0.717) is 19.3 Å². The van der Waals surface area contributed by atoms with Crippen molar-refractivity contribution in [1.29, 1.82) is 0 Å². The van der Waals surface area contributed by atoms with Crippen molar-refractivity contribution >= 4 is 17.8 Å². The number of amides is 1. The van der Waals surface area contributed by atoms with E-state index in [4.69, 9.17) is 0 Å². The SMILES string of the molecule is C=Cc1ccccc1.CCCCC1=CN(C(=O)Cc2ccccc2)C(Cc2ccccc2)CC1=O. The van der Waals surface area contributed by atoms with E-state index in [0.717, 1.165) is 36.0 Å². The van der Waals surface area contributed by atoms with Gasteiger partial charge in [0.25, 0.3) is 0 Å². The fourth-order valence-corrected chi connectivity index (χ4v) is 4.14. The molecule has 4 rings (SSSR count). The van der Waals surface area contributed by atoms with Crippen LogP contribution in [0.25, 0.3) is 6.08 Å². The van der Waals surface area contributed by atoms with Crippen LogP contribution in [0.4, 0.5) is 0 Å². The van der Waals surface area contributed by atoms with Crippen LogP contribution in [0.15, 0.2) is 109 Å². The third-order valence-corrected chi connectivity index (χ3v) is 6.10.